The summed E-state index contributed by atoms with van der Waals surface area (Å²) in [4.78, 5) is 39.3. The number of aliphatic hydroxyl groups is 3. The molecule has 2 fully saturated rings. The minimum atomic E-state index is -2.28. The van der Waals surface area contributed by atoms with Crippen LogP contribution >= 0.6 is 0 Å². The first-order valence-electron chi connectivity index (χ1n) is 23.0. The van der Waals surface area contributed by atoms with Crippen molar-refractivity contribution in [2.24, 2.45) is 5.41 Å². The highest BCUT2D eigenvalue weighted by molar-refractivity contribution is 5.83. The highest BCUT2D eigenvalue weighted by Crippen LogP contribution is 2.47. The standard InChI is InChI=1S/C49H74O13/c1-6-8-10-12-14-15-17-35-19-21-36(22-20-35)42-33-39-25-28-58-46(60-39)23-26-48(3,4)49(55)47(61-43(52)18-16-13-11-9-7-2)37(30-44(53)56-5)29-40(62-49)32-41(34-50)59-45(54)31-38(51)24-27-57-42/h15,17,19-23,26,30,38-42,46-47,50-51,55H,6-14,16,18,24-25,27-29,31-34H2,1-5H3/b17-15+,26-23+,37-30+/t38-,39+,40+,41-,42+,46+,47+,49-/m1/s1. The Hall–Kier alpha value is -3.43. The maximum absolute atomic E-state index is 13.4. The second-order valence-corrected chi connectivity index (χ2v) is 17.5. The van der Waals surface area contributed by atoms with Gasteiger partial charge < -0.3 is 48.5 Å². The lowest BCUT2D eigenvalue weighted by atomic mass is 9.74. The predicted molar refractivity (Wildman–Crippen MR) is 234 cm³/mol. The lowest BCUT2D eigenvalue weighted by Crippen LogP contribution is -2.62. The van der Waals surface area contributed by atoms with Crippen molar-refractivity contribution in [3.05, 3.63) is 65.3 Å². The molecule has 0 radical (unpaired) electrons. The van der Waals surface area contributed by atoms with Gasteiger partial charge in [-0.05, 0) is 61.3 Å². The highest BCUT2D eigenvalue weighted by atomic mass is 16.7. The van der Waals surface area contributed by atoms with Gasteiger partial charge in [0.1, 0.15) is 6.10 Å². The predicted octanol–water partition coefficient (Wildman–Crippen LogP) is 8.13. The molecule has 1 aromatic carbocycles. The zero-order chi connectivity index (χ0) is 45.0. The lowest BCUT2D eigenvalue weighted by Gasteiger charge is -2.51. The number of carbonyl (C=O) groups excluding carboxylic acids is 3. The van der Waals surface area contributed by atoms with Crippen LogP contribution in [0, 0.1) is 5.41 Å². The highest BCUT2D eigenvalue weighted by Gasteiger charge is 2.57. The summed E-state index contributed by atoms with van der Waals surface area (Å²) in [5.74, 6) is -4.30. The number of ether oxygens (including phenoxy) is 7. The number of hydrogen-bond acceptors (Lipinski definition) is 13. The Balaban J connectivity index is 1.65. The van der Waals surface area contributed by atoms with Gasteiger partial charge in [-0.1, -0.05) is 115 Å². The zero-order valence-electron chi connectivity index (χ0n) is 37.8. The molecule has 0 amide bonds. The molecule has 8 atom stereocenters. The van der Waals surface area contributed by atoms with Crippen LogP contribution in [0.1, 0.15) is 154 Å². The molecule has 13 heteroatoms. The Labute approximate surface area is 369 Å². The number of carbonyl (C=O) groups is 3. The van der Waals surface area contributed by atoms with Crippen LogP contribution < -0.4 is 0 Å². The first-order valence-corrected chi connectivity index (χ1v) is 23.0. The molecular weight excluding hydrogens is 797 g/mol. The van der Waals surface area contributed by atoms with E-state index < -0.39 is 72.5 Å². The smallest absolute Gasteiger partial charge is 0.330 e. The normalized spacial score (nSPS) is 30.0. The average molecular weight is 871 g/mol. The molecule has 3 aliphatic rings. The molecule has 348 valence electrons. The molecular formula is C49H74O13. The first-order chi connectivity index (χ1) is 29.8. The Morgan fingerprint density at radius 1 is 0.903 bits per heavy atom. The summed E-state index contributed by atoms with van der Waals surface area (Å²) in [6.45, 7) is 7.71. The van der Waals surface area contributed by atoms with Crippen molar-refractivity contribution >= 4 is 24.0 Å². The van der Waals surface area contributed by atoms with Crippen LogP contribution in [0.25, 0.3) is 6.08 Å². The van der Waals surface area contributed by atoms with Gasteiger partial charge in [0, 0.05) is 37.4 Å². The molecule has 0 unspecified atom stereocenters. The molecule has 0 saturated carbocycles. The van der Waals surface area contributed by atoms with Crippen molar-refractivity contribution in [3.63, 3.8) is 0 Å². The quantitative estimate of drug-likeness (QED) is 0.0478. The van der Waals surface area contributed by atoms with Crippen LogP contribution in [0.5, 0.6) is 0 Å². The summed E-state index contributed by atoms with van der Waals surface area (Å²) < 4.78 is 42.0. The third kappa shape index (κ3) is 16.3. The van der Waals surface area contributed by atoms with Crippen LogP contribution in [0.15, 0.2) is 54.1 Å². The van der Waals surface area contributed by atoms with E-state index in [9.17, 15) is 29.7 Å². The minimum Gasteiger partial charge on any atom is -0.466 e. The average Bonchev–Trinajstić information content (AvgIpc) is 3.24. The molecule has 3 heterocycles. The number of methoxy groups -OCH3 is 1. The van der Waals surface area contributed by atoms with E-state index in [4.69, 9.17) is 33.2 Å². The van der Waals surface area contributed by atoms with Gasteiger partial charge >= 0.3 is 17.9 Å². The van der Waals surface area contributed by atoms with Crippen molar-refractivity contribution in [3.8, 4) is 0 Å². The van der Waals surface area contributed by atoms with Crippen LogP contribution in [0.4, 0.5) is 0 Å². The fourth-order valence-electron chi connectivity index (χ4n) is 8.09. The van der Waals surface area contributed by atoms with E-state index in [-0.39, 0.29) is 50.4 Å². The van der Waals surface area contributed by atoms with Crippen LogP contribution in [0.3, 0.4) is 0 Å². The zero-order valence-corrected chi connectivity index (χ0v) is 37.8. The summed E-state index contributed by atoms with van der Waals surface area (Å²) in [5, 5.41) is 34.0. The van der Waals surface area contributed by atoms with Gasteiger partial charge in [0.2, 0.25) is 5.79 Å². The van der Waals surface area contributed by atoms with Gasteiger partial charge in [-0.15, -0.1) is 0 Å². The number of unbranched alkanes of at least 4 members (excludes halogenated alkanes) is 8. The molecule has 3 aliphatic heterocycles. The summed E-state index contributed by atoms with van der Waals surface area (Å²) in [6, 6.07) is 8.20. The number of fused-ring (bicyclic) bond motifs is 4. The van der Waals surface area contributed by atoms with Crippen molar-refractivity contribution in [1.82, 2.24) is 0 Å². The third-order valence-corrected chi connectivity index (χ3v) is 11.9. The van der Waals surface area contributed by atoms with Crippen LogP contribution in [-0.4, -0.2) is 103 Å². The Morgan fingerprint density at radius 2 is 1.61 bits per heavy atom. The summed E-state index contributed by atoms with van der Waals surface area (Å²) in [5.41, 5.74) is 0.933. The number of aliphatic hydroxyl groups excluding tert-OH is 2. The van der Waals surface area contributed by atoms with Gasteiger partial charge in [0.15, 0.2) is 12.4 Å². The lowest BCUT2D eigenvalue weighted by molar-refractivity contribution is -0.327. The molecule has 0 spiro atoms. The molecule has 62 heavy (non-hydrogen) atoms. The Bertz CT molecular complexity index is 1600. The maximum atomic E-state index is 13.4. The van der Waals surface area contributed by atoms with E-state index in [0.717, 1.165) is 43.2 Å². The molecule has 13 nitrogen and oxygen atoms in total. The topological polar surface area (TPSA) is 177 Å². The SMILES string of the molecule is CCCCCC/C=C/c1ccc([C@@H]2C[C@@H]3CCO[C@H](/C=C/C(C)(C)[C@]4(O)O[C@@H](C/C(=C\C(=O)OC)[C@@H]4OC(=O)CCCCCCC)C[C@H](CO)OC(=O)C[C@H](O)CCO2)O3)cc1. The Kier molecular flexibility index (Phi) is 21.8. The molecule has 2 saturated heterocycles. The molecule has 0 aromatic heterocycles. The van der Waals surface area contributed by atoms with Crippen molar-refractivity contribution in [2.75, 3.05) is 26.9 Å². The summed E-state index contributed by atoms with van der Waals surface area (Å²) in [6.07, 6.45) is 14.2. The first kappa shape index (κ1) is 51.2. The Morgan fingerprint density at radius 3 is 2.32 bits per heavy atom. The van der Waals surface area contributed by atoms with Crippen molar-refractivity contribution in [2.45, 2.75) is 186 Å². The second kappa shape index (κ2) is 26.4. The second-order valence-electron chi connectivity index (χ2n) is 17.5. The molecule has 4 bridgehead atoms. The number of benzene rings is 1. The van der Waals surface area contributed by atoms with Crippen LogP contribution in [0.2, 0.25) is 0 Å². The van der Waals surface area contributed by atoms with E-state index in [1.165, 1.54) is 38.9 Å². The fourth-order valence-corrected chi connectivity index (χ4v) is 8.09. The number of allylic oxidation sites excluding steroid dienone is 1. The van der Waals surface area contributed by atoms with E-state index in [1.54, 1.807) is 26.0 Å². The largest absolute Gasteiger partial charge is 0.466 e. The molecule has 1 aromatic rings. The minimum absolute atomic E-state index is 0.0179. The van der Waals surface area contributed by atoms with E-state index >= 15 is 0 Å². The summed E-state index contributed by atoms with van der Waals surface area (Å²) in [7, 11) is 1.22. The van der Waals surface area contributed by atoms with E-state index in [0.29, 0.717) is 25.9 Å². The van der Waals surface area contributed by atoms with Gasteiger partial charge in [-0.2, -0.15) is 0 Å². The number of esters is 3. The number of rotatable bonds is 16. The third-order valence-electron chi connectivity index (χ3n) is 11.9. The van der Waals surface area contributed by atoms with Gasteiger partial charge in [0.25, 0.3) is 0 Å². The van der Waals surface area contributed by atoms with Crippen molar-refractivity contribution in [1.29, 1.82) is 0 Å². The molecule has 3 N–H and O–H groups in total. The van der Waals surface area contributed by atoms with Gasteiger partial charge in [-0.3, -0.25) is 9.59 Å². The fraction of sp³-hybridized carbons (Fsp3) is 0.694. The van der Waals surface area contributed by atoms with E-state index in [1.807, 2.05) is 12.1 Å². The molecule has 0 aliphatic carbocycles. The van der Waals surface area contributed by atoms with Crippen molar-refractivity contribution < 1.29 is 62.9 Å². The maximum Gasteiger partial charge on any atom is 0.330 e. The van der Waals surface area contributed by atoms with Gasteiger partial charge in [0.05, 0.1) is 51.2 Å². The summed E-state index contributed by atoms with van der Waals surface area (Å²) >= 11 is 0. The molecule has 4 rings (SSSR count). The monoisotopic (exact) mass is 871 g/mol. The van der Waals surface area contributed by atoms with E-state index in [2.05, 4.69) is 38.1 Å². The number of hydrogen-bond donors (Lipinski definition) is 3. The number of cyclic esters (lactones) is 1. The van der Waals surface area contributed by atoms with Gasteiger partial charge in [-0.25, -0.2) is 4.79 Å². The van der Waals surface area contributed by atoms with Crippen LogP contribution in [-0.2, 0) is 47.5 Å².